The molecule has 112 valence electrons. The second-order valence-corrected chi connectivity index (χ2v) is 6.23. The van der Waals surface area contributed by atoms with Crippen molar-refractivity contribution < 1.29 is 9.53 Å². The topological polar surface area (TPSA) is 51.2 Å². The molecule has 1 amide bonds. The van der Waals surface area contributed by atoms with Crippen LogP contribution in [0.4, 0.5) is 5.13 Å². The minimum atomic E-state index is -0.369. The van der Waals surface area contributed by atoms with Crippen molar-refractivity contribution >= 4 is 22.4 Å². The Hall–Kier alpha value is -0.940. The molecular weight excluding hydrogens is 272 g/mol. The van der Waals surface area contributed by atoms with Gasteiger partial charge in [-0.3, -0.25) is 10.1 Å². The van der Waals surface area contributed by atoms with Crippen molar-refractivity contribution in [3.8, 4) is 0 Å². The van der Waals surface area contributed by atoms with E-state index < -0.39 is 0 Å². The summed E-state index contributed by atoms with van der Waals surface area (Å²) in [5.74, 6) is -0.0731. The predicted octanol–water partition coefficient (Wildman–Crippen LogP) is 3.56. The molecule has 0 spiro atoms. The highest BCUT2D eigenvalue weighted by molar-refractivity contribution is 7.15. The molecule has 1 aliphatic rings. The molecule has 1 aromatic heterocycles. The highest BCUT2D eigenvalue weighted by Gasteiger charge is 2.19. The van der Waals surface area contributed by atoms with Gasteiger partial charge in [-0.15, -0.1) is 11.3 Å². The molecule has 4 nitrogen and oxygen atoms in total. The van der Waals surface area contributed by atoms with Gasteiger partial charge in [-0.25, -0.2) is 4.98 Å². The van der Waals surface area contributed by atoms with Crippen LogP contribution in [-0.4, -0.2) is 23.6 Å². The lowest BCUT2D eigenvalue weighted by Gasteiger charge is -2.13. The Kier molecular flexibility index (Phi) is 5.98. The van der Waals surface area contributed by atoms with Gasteiger partial charge in [0.25, 0.3) is 5.91 Å². The lowest BCUT2D eigenvalue weighted by molar-refractivity contribution is -0.127. The van der Waals surface area contributed by atoms with Gasteiger partial charge in [0.15, 0.2) is 5.13 Å². The summed E-state index contributed by atoms with van der Waals surface area (Å²) in [6.45, 7) is 4.42. The third-order valence-electron chi connectivity index (χ3n) is 3.61. The Morgan fingerprint density at radius 1 is 1.30 bits per heavy atom. The SMILES string of the molecule is CCOC(CC)C(=O)Nc1nc2c(s1)CCCCCC2. The standard InChI is InChI=1S/C15H24N2O2S/c1-3-12(19-4-2)14(18)17-15-16-11-9-7-5-6-8-10-13(11)20-15/h12H,3-10H2,1-2H3,(H,16,17,18). The molecule has 2 rings (SSSR count). The minimum absolute atomic E-state index is 0.0731. The van der Waals surface area contributed by atoms with Crippen LogP contribution >= 0.6 is 11.3 Å². The van der Waals surface area contributed by atoms with Crippen LogP contribution in [-0.2, 0) is 22.4 Å². The number of rotatable bonds is 5. The maximum Gasteiger partial charge on any atom is 0.255 e. The number of carbonyl (C=O) groups excluding carboxylic acids is 1. The maximum atomic E-state index is 12.1. The largest absolute Gasteiger partial charge is 0.369 e. The fourth-order valence-corrected chi connectivity index (χ4v) is 3.58. The first-order chi connectivity index (χ1) is 9.74. The fraction of sp³-hybridized carbons (Fsp3) is 0.733. The Labute approximate surface area is 124 Å². The van der Waals surface area contributed by atoms with Crippen molar-refractivity contribution in [2.75, 3.05) is 11.9 Å². The normalized spacial score (nSPS) is 16.9. The Bertz CT molecular complexity index is 420. The quantitative estimate of drug-likeness (QED) is 0.904. The molecule has 5 heteroatoms. The van der Waals surface area contributed by atoms with Crippen molar-refractivity contribution in [1.82, 2.24) is 4.98 Å². The molecule has 1 aromatic rings. The summed E-state index contributed by atoms with van der Waals surface area (Å²) in [6.07, 6.45) is 7.51. The van der Waals surface area contributed by atoms with E-state index in [4.69, 9.17) is 4.74 Å². The molecule has 0 aliphatic heterocycles. The summed E-state index contributed by atoms with van der Waals surface area (Å²) in [5, 5.41) is 3.66. The number of nitrogens with one attached hydrogen (secondary N) is 1. The van der Waals surface area contributed by atoms with E-state index in [9.17, 15) is 4.79 Å². The number of aromatic nitrogens is 1. The summed E-state index contributed by atoms with van der Waals surface area (Å²) in [7, 11) is 0. The van der Waals surface area contributed by atoms with Gasteiger partial charge in [-0.2, -0.15) is 0 Å². The van der Waals surface area contributed by atoms with E-state index in [1.165, 1.54) is 36.3 Å². The van der Waals surface area contributed by atoms with Crippen LogP contribution in [0.2, 0.25) is 0 Å². The van der Waals surface area contributed by atoms with Gasteiger partial charge in [0.1, 0.15) is 6.10 Å². The number of fused-ring (bicyclic) bond motifs is 1. The van der Waals surface area contributed by atoms with E-state index in [1.807, 2.05) is 13.8 Å². The molecule has 0 radical (unpaired) electrons. The second kappa shape index (κ2) is 7.74. The lowest BCUT2D eigenvalue weighted by Crippen LogP contribution is -2.29. The van der Waals surface area contributed by atoms with Crippen molar-refractivity contribution in [1.29, 1.82) is 0 Å². The van der Waals surface area contributed by atoms with Crippen LogP contribution in [0.3, 0.4) is 0 Å². The molecule has 0 fully saturated rings. The first-order valence-corrected chi connectivity index (χ1v) is 8.47. The van der Waals surface area contributed by atoms with Gasteiger partial charge in [0, 0.05) is 11.5 Å². The van der Waals surface area contributed by atoms with Crippen LogP contribution in [0.25, 0.3) is 0 Å². The van der Waals surface area contributed by atoms with Gasteiger partial charge >= 0.3 is 0 Å². The van der Waals surface area contributed by atoms with Crippen molar-refractivity contribution in [2.45, 2.75) is 64.9 Å². The number of thiazole rings is 1. The molecule has 20 heavy (non-hydrogen) atoms. The van der Waals surface area contributed by atoms with Crippen molar-refractivity contribution in [2.24, 2.45) is 0 Å². The number of ether oxygens (including phenoxy) is 1. The smallest absolute Gasteiger partial charge is 0.255 e. The molecule has 1 unspecified atom stereocenters. The summed E-state index contributed by atoms with van der Waals surface area (Å²) in [5.41, 5.74) is 1.19. The van der Waals surface area contributed by atoms with E-state index >= 15 is 0 Å². The van der Waals surface area contributed by atoms with Gasteiger partial charge in [0.05, 0.1) is 5.69 Å². The highest BCUT2D eigenvalue weighted by atomic mass is 32.1. The number of anilines is 1. The van der Waals surface area contributed by atoms with E-state index in [2.05, 4.69) is 10.3 Å². The minimum Gasteiger partial charge on any atom is -0.369 e. The second-order valence-electron chi connectivity index (χ2n) is 5.14. The fourth-order valence-electron chi connectivity index (χ4n) is 2.53. The van der Waals surface area contributed by atoms with E-state index in [0.717, 1.165) is 18.0 Å². The van der Waals surface area contributed by atoms with E-state index in [0.29, 0.717) is 13.0 Å². The van der Waals surface area contributed by atoms with Crippen LogP contribution in [0, 0.1) is 0 Å². The van der Waals surface area contributed by atoms with Crippen LogP contribution < -0.4 is 5.32 Å². The third kappa shape index (κ3) is 4.03. The molecule has 1 N–H and O–H groups in total. The monoisotopic (exact) mass is 296 g/mol. The molecule has 1 atom stereocenters. The average molecular weight is 296 g/mol. The number of hydrogen-bond acceptors (Lipinski definition) is 4. The van der Waals surface area contributed by atoms with Crippen molar-refractivity contribution in [3.63, 3.8) is 0 Å². The van der Waals surface area contributed by atoms with Gasteiger partial charge < -0.3 is 4.74 Å². The van der Waals surface area contributed by atoms with Crippen LogP contribution in [0.5, 0.6) is 0 Å². The molecule has 0 aromatic carbocycles. The summed E-state index contributed by atoms with van der Waals surface area (Å²) in [4.78, 5) is 18.1. The lowest BCUT2D eigenvalue weighted by atomic mass is 10.0. The van der Waals surface area contributed by atoms with Gasteiger partial charge in [0.2, 0.25) is 0 Å². The first kappa shape index (κ1) is 15.4. The Morgan fingerprint density at radius 3 is 2.75 bits per heavy atom. The zero-order chi connectivity index (χ0) is 14.4. The number of carbonyl (C=O) groups is 1. The summed E-state index contributed by atoms with van der Waals surface area (Å²) < 4.78 is 5.43. The molecule has 0 saturated heterocycles. The van der Waals surface area contributed by atoms with Gasteiger partial charge in [-0.1, -0.05) is 19.8 Å². The van der Waals surface area contributed by atoms with Gasteiger partial charge in [-0.05, 0) is 39.0 Å². The Balaban J connectivity index is 2.02. The molecular formula is C15H24N2O2S. The zero-order valence-corrected chi connectivity index (χ0v) is 13.2. The number of hydrogen-bond donors (Lipinski definition) is 1. The van der Waals surface area contributed by atoms with E-state index in [1.54, 1.807) is 11.3 Å². The Morgan fingerprint density at radius 2 is 2.05 bits per heavy atom. The molecule has 0 saturated carbocycles. The predicted molar refractivity (Wildman–Crippen MR) is 82.3 cm³/mol. The summed E-state index contributed by atoms with van der Waals surface area (Å²) >= 11 is 1.63. The van der Waals surface area contributed by atoms with Crippen LogP contribution in [0.1, 0.15) is 56.5 Å². The number of aryl methyl sites for hydroxylation is 2. The van der Waals surface area contributed by atoms with Crippen LogP contribution in [0.15, 0.2) is 0 Å². The first-order valence-electron chi connectivity index (χ1n) is 7.65. The van der Waals surface area contributed by atoms with Crippen molar-refractivity contribution in [3.05, 3.63) is 10.6 Å². The third-order valence-corrected chi connectivity index (χ3v) is 4.68. The molecule has 1 aliphatic carbocycles. The molecule has 0 bridgehead atoms. The average Bonchev–Trinajstić information content (AvgIpc) is 2.77. The highest BCUT2D eigenvalue weighted by Crippen LogP contribution is 2.28. The zero-order valence-electron chi connectivity index (χ0n) is 12.4. The number of nitrogens with zero attached hydrogens (tertiary/aromatic N) is 1. The van der Waals surface area contributed by atoms with E-state index in [-0.39, 0.29) is 12.0 Å². The number of amides is 1. The molecule has 1 heterocycles. The summed E-state index contributed by atoms with van der Waals surface area (Å²) in [6, 6.07) is 0. The maximum absolute atomic E-state index is 12.1.